The van der Waals surface area contributed by atoms with Crippen molar-refractivity contribution in [2.45, 2.75) is 0 Å². The lowest BCUT2D eigenvalue weighted by Crippen LogP contribution is -2.18. The molecule has 0 atom stereocenters. The van der Waals surface area contributed by atoms with Gasteiger partial charge in [0.1, 0.15) is 5.69 Å². The van der Waals surface area contributed by atoms with Crippen LogP contribution in [0.4, 0.5) is 0 Å². The highest BCUT2D eigenvalue weighted by atomic mass is 35.5. The fourth-order valence-corrected chi connectivity index (χ4v) is 0.853. The van der Waals surface area contributed by atoms with Crippen LogP contribution in [0.5, 0.6) is 0 Å². The van der Waals surface area contributed by atoms with E-state index in [1.165, 1.54) is 0 Å². The van der Waals surface area contributed by atoms with Gasteiger partial charge in [-0.05, 0) is 6.07 Å². The molecule has 0 bridgehead atoms. The first-order chi connectivity index (χ1) is 4.75. The van der Waals surface area contributed by atoms with Crippen LogP contribution in [0.15, 0.2) is 12.3 Å². The number of carbonyl (C=O) groups is 1. The molecule has 10 heavy (non-hydrogen) atoms. The number of H-pyrrole nitrogens is 1. The Kier molecular flexibility index (Phi) is 1.97. The third kappa shape index (κ3) is 1.14. The van der Waals surface area contributed by atoms with Crippen LogP contribution in [0, 0.1) is 0 Å². The Balaban J connectivity index is 2.93. The maximum absolute atomic E-state index is 10.9. The highest BCUT2D eigenvalue weighted by Gasteiger charge is 2.07. The molecule has 4 heteroatoms. The first-order valence-electron chi connectivity index (χ1n) is 2.80. The molecule has 1 aromatic rings. The first kappa shape index (κ1) is 7.15. The average Bonchev–Trinajstić information content (AvgIpc) is 2.34. The van der Waals surface area contributed by atoms with E-state index in [-0.39, 0.29) is 5.91 Å². The summed E-state index contributed by atoms with van der Waals surface area (Å²) in [4.78, 5) is 13.6. The van der Waals surface area contributed by atoms with Gasteiger partial charge in [-0.25, -0.2) is 0 Å². The van der Waals surface area contributed by atoms with Crippen LogP contribution >= 0.6 is 11.6 Å². The molecule has 0 spiro atoms. The smallest absolute Gasteiger partial charge is 0.268 e. The Morgan fingerprint density at radius 1 is 1.80 bits per heavy atom. The predicted octanol–water partition coefficient (Wildman–Crippen LogP) is 1.03. The summed E-state index contributed by atoms with van der Waals surface area (Å²) in [5.74, 6) is -0.199. The van der Waals surface area contributed by atoms with Gasteiger partial charge < -0.3 is 10.3 Å². The number of hydrogen-bond acceptors (Lipinski definition) is 1. The van der Waals surface area contributed by atoms with Crippen LogP contribution in [0.25, 0.3) is 0 Å². The van der Waals surface area contributed by atoms with E-state index < -0.39 is 0 Å². The van der Waals surface area contributed by atoms with Crippen LogP contribution < -0.4 is 5.32 Å². The van der Waals surface area contributed by atoms with E-state index in [2.05, 4.69) is 10.3 Å². The number of rotatable bonds is 1. The molecule has 0 unspecified atom stereocenters. The van der Waals surface area contributed by atoms with Gasteiger partial charge in [-0.1, -0.05) is 11.6 Å². The zero-order valence-corrected chi connectivity index (χ0v) is 6.20. The molecule has 2 N–H and O–H groups in total. The number of hydrogen-bond donors (Lipinski definition) is 2. The maximum Gasteiger partial charge on any atom is 0.268 e. The Hall–Kier alpha value is -0.960. The maximum atomic E-state index is 10.9. The van der Waals surface area contributed by atoms with Crippen LogP contribution in [-0.4, -0.2) is 17.9 Å². The van der Waals surface area contributed by atoms with Crippen molar-refractivity contribution in [2.75, 3.05) is 7.05 Å². The van der Waals surface area contributed by atoms with Crippen molar-refractivity contribution < 1.29 is 4.79 Å². The number of nitrogens with one attached hydrogen (secondary N) is 2. The minimum Gasteiger partial charge on any atom is -0.356 e. The molecule has 0 aliphatic rings. The van der Waals surface area contributed by atoms with E-state index in [1.54, 1.807) is 19.3 Å². The van der Waals surface area contributed by atoms with Gasteiger partial charge in [0.05, 0.1) is 5.02 Å². The lowest BCUT2D eigenvalue weighted by atomic mass is 10.4. The van der Waals surface area contributed by atoms with Crippen LogP contribution in [0.3, 0.4) is 0 Å². The second kappa shape index (κ2) is 2.75. The van der Waals surface area contributed by atoms with Crippen LogP contribution in [-0.2, 0) is 0 Å². The molecule has 1 heterocycles. The normalized spacial score (nSPS) is 9.40. The van der Waals surface area contributed by atoms with Crippen molar-refractivity contribution in [1.29, 1.82) is 0 Å². The molecule has 0 radical (unpaired) electrons. The molecule has 1 amide bonds. The van der Waals surface area contributed by atoms with Crippen molar-refractivity contribution in [1.82, 2.24) is 10.3 Å². The summed E-state index contributed by atoms with van der Waals surface area (Å²) in [5.41, 5.74) is 0.407. The monoisotopic (exact) mass is 158 g/mol. The van der Waals surface area contributed by atoms with E-state index in [4.69, 9.17) is 11.6 Å². The van der Waals surface area contributed by atoms with Gasteiger partial charge in [0, 0.05) is 13.2 Å². The lowest BCUT2D eigenvalue weighted by molar-refractivity contribution is 0.0959. The molecule has 0 saturated heterocycles. The summed E-state index contributed by atoms with van der Waals surface area (Å²) in [6.07, 6.45) is 1.62. The molecule has 0 fully saturated rings. The second-order valence-electron chi connectivity index (χ2n) is 1.78. The standard InChI is InChI=1S/C6H7ClN2O/c1-8-6(10)5-4(7)2-3-9-5/h2-3,9H,1H3,(H,8,10). The second-order valence-corrected chi connectivity index (χ2v) is 2.19. The van der Waals surface area contributed by atoms with Gasteiger partial charge in [-0.15, -0.1) is 0 Å². The molecule has 1 aromatic heterocycles. The topological polar surface area (TPSA) is 44.9 Å². The number of carbonyl (C=O) groups excluding carboxylic acids is 1. The largest absolute Gasteiger partial charge is 0.356 e. The van der Waals surface area contributed by atoms with Crippen molar-refractivity contribution in [3.63, 3.8) is 0 Å². The number of aromatic amines is 1. The van der Waals surface area contributed by atoms with Crippen molar-refractivity contribution in [3.05, 3.63) is 23.0 Å². The molecular formula is C6H7ClN2O. The van der Waals surface area contributed by atoms with E-state index in [0.717, 1.165) is 0 Å². The quantitative estimate of drug-likeness (QED) is 0.630. The number of aromatic nitrogens is 1. The van der Waals surface area contributed by atoms with Crippen LogP contribution in [0.1, 0.15) is 10.5 Å². The highest BCUT2D eigenvalue weighted by molar-refractivity contribution is 6.33. The Labute approximate surface area is 63.4 Å². The van der Waals surface area contributed by atoms with Gasteiger partial charge in [-0.3, -0.25) is 4.79 Å². The Morgan fingerprint density at radius 2 is 2.50 bits per heavy atom. The Morgan fingerprint density at radius 3 is 2.90 bits per heavy atom. The summed E-state index contributed by atoms with van der Waals surface area (Å²) in [7, 11) is 1.56. The lowest BCUT2D eigenvalue weighted by Gasteiger charge is -1.94. The van der Waals surface area contributed by atoms with Crippen LogP contribution in [0.2, 0.25) is 5.02 Å². The molecule has 54 valence electrons. The number of halogens is 1. The summed E-state index contributed by atoms with van der Waals surface area (Å²) in [5, 5.41) is 2.90. The average molecular weight is 159 g/mol. The molecule has 0 aromatic carbocycles. The van der Waals surface area contributed by atoms with E-state index in [0.29, 0.717) is 10.7 Å². The third-order valence-corrected chi connectivity index (χ3v) is 1.47. The third-order valence-electron chi connectivity index (χ3n) is 1.15. The molecule has 0 saturated carbocycles. The summed E-state index contributed by atoms with van der Waals surface area (Å²) in [6, 6.07) is 1.63. The highest BCUT2D eigenvalue weighted by Crippen LogP contribution is 2.12. The van der Waals surface area contributed by atoms with Crippen molar-refractivity contribution in [3.8, 4) is 0 Å². The molecule has 0 aliphatic heterocycles. The zero-order chi connectivity index (χ0) is 7.56. The Bertz CT molecular complexity index is 244. The number of amides is 1. The molecule has 1 rings (SSSR count). The summed E-state index contributed by atoms with van der Waals surface area (Å²) < 4.78 is 0. The van der Waals surface area contributed by atoms with Gasteiger partial charge in [0.2, 0.25) is 0 Å². The van der Waals surface area contributed by atoms with E-state index in [9.17, 15) is 4.79 Å². The van der Waals surface area contributed by atoms with Gasteiger partial charge in [0.15, 0.2) is 0 Å². The fourth-order valence-electron chi connectivity index (χ4n) is 0.649. The van der Waals surface area contributed by atoms with E-state index >= 15 is 0 Å². The SMILES string of the molecule is CNC(=O)c1[nH]ccc1Cl. The van der Waals surface area contributed by atoms with Crippen molar-refractivity contribution >= 4 is 17.5 Å². The van der Waals surface area contributed by atoms with E-state index in [1.807, 2.05) is 0 Å². The first-order valence-corrected chi connectivity index (χ1v) is 3.18. The minimum atomic E-state index is -0.199. The molecule has 3 nitrogen and oxygen atoms in total. The van der Waals surface area contributed by atoms with Crippen molar-refractivity contribution in [2.24, 2.45) is 0 Å². The molecule has 0 aliphatic carbocycles. The van der Waals surface area contributed by atoms with Gasteiger partial charge >= 0.3 is 0 Å². The summed E-state index contributed by atoms with van der Waals surface area (Å²) >= 11 is 5.62. The van der Waals surface area contributed by atoms with Gasteiger partial charge in [0.25, 0.3) is 5.91 Å². The molecular weight excluding hydrogens is 152 g/mol. The summed E-state index contributed by atoms with van der Waals surface area (Å²) in [6.45, 7) is 0. The zero-order valence-electron chi connectivity index (χ0n) is 5.44. The van der Waals surface area contributed by atoms with Gasteiger partial charge in [-0.2, -0.15) is 0 Å². The minimum absolute atomic E-state index is 0.199. The fraction of sp³-hybridized carbons (Fsp3) is 0.167. The predicted molar refractivity (Wildman–Crippen MR) is 39.2 cm³/mol.